The third-order valence-corrected chi connectivity index (χ3v) is 3.89. The van der Waals surface area contributed by atoms with Crippen molar-refractivity contribution in [1.29, 1.82) is 0 Å². The highest BCUT2D eigenvalue weighted by Gasteiger charge is 2.09. The molecule has 0 atom stereocenters. The van der Waals surface area contributed by atoms with Crippen molar-refractivity contribution in [3.05, 3.63) is 60.4 Å². The number of rotatable bonds is 6. The van der Waals surface area contributed by atoms with Crippen LogP contribution in [0.4, 0.5) is 0 Å². The Labute approximate surface area is 149 Å². The van der Waals surface area contributed by atoms with Gasteiger partial charge in [0, 0.05) is 18.5 Å². The van der Waals surface area contributed by atoms with Crippen LogP contribution in [0.5, 0.6) is 0 Å². The lowest BCUT2D eigenvalue weighted by molar-refractivity contribution is -0.122. The van der Waals surface area contributed by atoms with E-state index in [9.17, 15) is 4.79 Å². The van der Waals surface area contributed by atoms with Crippen molar-refractivity contribution in [3.8, 4) is 11.4 Å². The van der Waals surface area contributed by atoms with Crippen molar-refractivity contribution in [2.75, 3.05) is 6.54 Å². The van der Waals surface area contributed by atoms with Crippen LogP contribution < -0.4 is 5.32 Å². The molecule has 130 valence electrons. The van der Waals surface area contributed by atoms with E-state index in [0.29, 0.717) is 18.8 Å². The SMILES string of the molecule is O=C(Cn1nnc(-c2ccccc2)n1)NCCc1nc2ccccc2[nH]1. The molecule has 0 fully saturated rings. The maximum Gasteiger partial charge on any atom is 0.243 e. The third kappa shape index (κ3) is 3.59. The average molecular weight is 347 g/mol. The minimum absolute atomic E-state index is 0.0277. The Bertz CT molecular complexity index is 989. The molecule has 2 heterocycles. The minimum Gasteiger partial charge on any atom is -0.354 e. The largest absolute Gasteiger partial charge is 0.354 e. The predicted molar refractivity (Wildman–Crippen MR) is 96.1 cm³/mol. The van der Waals surface area contributed by atoms with Gasteiger partial charge in [0.15, 0.2) is 0 Å². The van der Waals surface area contributed by atoms with Crippen LogP contribution in [0.2, 0.25) is 0 Å². The monoisotopic (exact) mass is 347 g/mol. The predicted octanol–water partition coefficient (Wildman–Crippen LogP) is 1.58. The van der Waals surface area contributed by atoms with Crippen LogP contribution >= 0.6 is 0 Å². The molecule has 2 aromatic carbocycles. The lowest BCUT2D eigenvalue weighted by Crippen LogP contribution is -2.30. The average Bonchev–Trinajstić information content (AvgIpc) is 3.29. The zero-order valence-electron chi connectivity index (χ0n) is 14.0. The van der Waals surface area contributed by atoms with Gasteiger partial charge in [-0.1, -0.05) is 42.5 Å². The molecular weight excluding hydrogens is 330 g/mol. The summed E-state index contributed by atoms with van der Waals surface area (Å²) in [5, 5.41) is 15.0. The molecule has 4 aromatic rings. The van der Waals surface area contributed by atoms with Gasteiger partial charge in [-0.3, -0.25) is 4.79 Å². The first-order chi connectivity index (χ1) is 12.8. The maximum absolute atomic E-state index is 12.1. The maximum atomic E-state index is 12.1. The van der Waals surface area contributed by atoms with E-state index < -0.39 is 0 Å². The summed E-state index contributed by atoms with van der Waals surface area (Å²) in [5.74, 6) is 1.18. The van der Waals surface area contributed by atoms with E-state index >= 15 is 0 Å². The number of fused-ring (bicyclic) bond motifs is 1. The number of amides is 1. The molecule has 0 bridgehead atoms. The fourth-order valence-electron chi connectivity index (χ4n) is 2.64. The first kappa shape index (κ1) is 15.9. The molecule has 2 aromatic heterocycles. The first-order valence-corrected chi connectivity index (χ1v) is 8.31. The molecule has 26 heavy (non-hydrogen) atoms. The van der Waals surface area contributed by atoms with Gasteiger partial charge in [0.05, 0.1) is 11.0 Å². The lowest BCUT2D eigenvalue weighted by Gasteiger charge is -2.02. The van der Waals surface area contributed by atoms with Gasteiger partial charge < -0.3 is 10.3 Å². The molecule has 0 aliphatic rings. The second-order valence-corrected chi connectivity index (χ2v) is 5.81. The summed E-state index contributed by atoms with van der Waals surface area (Å²) >= 11 is 0. The normalized spacial score (nSPS) is 10.9. The molecule has 0 saturated heterocycles. The van der Waals surface area contributed by atoms with Gasteiger partial charge >= 0.3 is 0 Å². The van der Waals surface area contributed by atoms with Crippen molar-refractivity contribution < 1.29 is 4.79 Å². The Hall–Kier alpha value is -3.55. The van der Waals surface area contributed by atoms with E-state index in [1.807, 2.05) is 54.6 Å². The number of para-hydroxylation sites is 2. The van der Waals surface area contributed by atoms with Crippen LogP contribution in [0, 0.1) is 0 Å². The number of nitrogens with zero attached hydrogens (tertiary/aromatic N) is 5. The molecule has 0 aliphatic heterocycles. The number of carbonyl (C=O) groups is 1. The lowest BCUT2D eigenvalue weighted by atomic mass is 10.2. The molecule has 4 rings (SSSR count). The Balaban J connectivity index is 1.29. The number of nitrogens with one attached hydrogen (secondary N) is 2. The Kier molecular flexibility index (Phi) is 4.38. The summed E-state index contributed by atoms with van der Waals surface area (Å²) in [7, 11) is 0. The number of tetrazole rings is 1. The Morgan fingerprint density at radius 1 is 1.08 bits per heavy atom. The number of imidazole rings is 1. The van der Waals surface area contributed by atoms with Gasteiger partial charge in [-0.05, 0) is 17.3 Å². The second-order valence-electron chi connectivity index (χ2n) is 5.81. The molecule has 0 spiro atoms. The second kappa shape index (κ2) is 7.14. The van der Waals surface area contributed by atoms with E-state index in [2.05, 4.69) is 30.7 Å². The summed E-state index contributed by atoms with van der Waals surface area (Å²) in [4.78, 5) is 21.1. The van der Waals surface area contributed by atoms with Crippen LogP contribution in [0.25, 0.3) is 22.4 Å². The number of H-pyrrole nitrogens is 1. The summed E-state index contributed by atoms with van der Waals surface area (Å²) in [6.45, 7) is 0.513. The summed E-state index contributed by atoms with van der Waals surface area (Å²) in [6.07, 6.45) is 0.625. The van der Waals surface area contributed by atoms with Crippen molar-refractivity contribution in [1.82, 2.24) is 35.5 Å². The summed E-state index contributed by atoms with van der Waals surface area (Å²) in [5.41, 5.74) is 2.78. The van der Waals surface area contributed by atoms with E-state index in [1.165, 1.54) is 4.80 Å². The van der Waals surface area contributed by atoms with Gasteiger partial charge in [0.1, 0.15) is 12.4 Å². The van der Waals surface area contributed by atoms with Gasteiger partial charge in [-0.25, -0.2) is 4.98 Å². The molecule has 2 N–H and O–H groups in total. The molecule has 8 heteroatoms. The van der Waals surface area contributed by atoms with Crippen LogP contribution in [0.15, 0.2) is 54.6 Å². The first-order valence-electron chi connectivity index (χ1n) is 8.31. The minimum atomic E-state index is -0.168. The van der Waals surface area contributed by atoms with Crippen molar-refractivity contribution >= 4 is 16.9 Å². The van der Waals surface area contributed by atoms with E-state index in [0.717, 1.165) is 22.4 Å². The van der Waals surface area contributed by atoms with Crippen LogP contribution in [-0.4, -0.2) is 42.6 Å². The van der Waals surface area contributed by atoms with Gasteiger partial charge in [0.25, 0.3) is 0 Å². The number of hydrogen-bond acceptors (Lipinski definition) is 5. The highest BCUT2D eigenvalue weighted by molar-refractivity contribution is 5.76. The van der Waals surface area contributed by atoms with E-state index in [-0.39, 0.29) is 12.5 Å². The van der Waals surface area contributed by atoms with Crippen molar-refractivity contribution in [2.24, 2.45) is 0 Å². The zero-order chi connectivity index (χ0) is 17.8. The molecule has 0 unspecified atom stereocenters. The van der Waals surface area contributed by atoms with Crippen LogP contribution in [-0.2, 0) is 17.8 Å². The number of benzene rings is 2. The fraction of sp³-hybridized carbons (Fsp3) is 0.167. The molecule has 1 amide bonds. The fourth-order valence-corrected chi connectivity index (χ4v) is 2.64. The Morgan fingerprint density at radius 2 is 1.88 bits per heavy atom. The highest BCUT2D eigenvalue weighted by Crippen LogP contribution is 2.12. The molecule has 0 aliphatic carbocycles. The van der Waals surface area contributed by atoms with Gasteiger partial charge in [0.2, 0.25) is 11.7 Å². The molecule has 0 saturated carbocycles. The van der Waals surface area contributed by atoms with E-state index in [1.54, 1.807) is 0 Å². The summed E-state index contributed by atoms with van der Waals surface area (Å²) < 4.78 is 0. The quantitative estimate of drug-likeness (QED) is 0.551. The number of aromatic nitrogens is 6. The van der Waals surface area contributed by atoms with Crippen LogP contribution in [0.3, 0.4) is 0 Å². The number of hydrogen-bond donors (Lipinski definition) is 2. The topological polar surface area (TPSA) is 101 Å². The number of aromatic amines is 1. The van der Waals surface area contributed by atoms with Crippen molar-refractivity contribution in [3.63, 3.8) is 0 Å². The van der Waals surface area contributed by atoms with Gasteiger partial charge in [-0.2, -0.15) is 4.80 Å². The summed E-state index contributed by atoms with van der Waals surface area (Å²) in [6, 6.07) is 17.4. The standard InChI is InChI=1S/C18H17N7O/c26-17(12-25-23-18(22-24-25)13-6-2-1-3-7-13)19-11-10-16-20-14-8-4-5-9-15(14)21-16/h1-9H,10-12H2,(H,19,26)(H,20,21). The smallest absolute Gasteiger partial charge is 0.243 e. The number of carbonyl (C=O) groups excluding carboxylic acids is 1. The van der Waals surface area contributed by atoms with Gasteiger partial charge in [-0.15, -0.1) is 10.2 Å². The third-order valence-electron chi connectivity index (χ3n) is 3.89. The van der Waals surface area contributed by atoms with E-state index in [4.69, 9.17) is 0 Å². The zero-order valence-corrected chi connectivity index (χ0v) is 14.0. The van der Waals surface area contributed by atoms with Crippen molar-refractivity contribution in [2.45, 2.75) is 13.0 Å². The highest BCUT2D eigenvalue weighted by atomic mass is 16.2. The van der Waals surface area contributed by atoms with Crippen LogP contribution in [0.1, 0.15) is 5.82 Å². The molecule has 8 nitrogen and oxygen atoms in total. The molecular formula is C18H17N7O. The molecule has 0 radical (unpaired) electrons. The Morgan fingerprint density at radius 3 is 2.73 bits per heavy atom.